The minimum Gasteiger partial charge on any atom is -0.495 e. The molecule has 1 saturated heterocycles. The molecule has 1 fully saturated rings. The molecule has 164 valence electrons. The molecule has 3 aromatic carbocycles. The number of Topliss-reactive ketones (excluding diaryl/α,β-unsaturated/α-hetero) is 1. The van der Waals surface area contributed by atoms with Gasteiger partial charge in [-0.2, -0.15) is 5.10 Å². The number of para-hydroxylation sites is 2. The van der Waals surface area contributed by atoms with Crippen LogP contribution in [0, 0.1) is 5.92 Å². The van der Waals surface area contributed by atoms with Crippen molar-refractivity contribution in [2.45, 2.75) is 6.04 Å². The third-order valence-electron chi connectivity index (χ3n) is 5.73. The van der Waals surface area contributed by atoms with E-state index in [-0.39, 0.29) is 11.5 Å². The van der Waals surface area contributed by atoms with Gasteiger partial charge >= 0.3 is 0 Å². The topological polar surface area (TPSA) is 79.3 Å². The molecule has 2 heterocycles. The number of imide groups is 1. The summed E-state index contributed by atoms with van der Waals surface area (Å²) >= 11 is 3.40. The number of fused-ring (bicyclic) bond motifs is 1. The number of amides is 2. The second-order valence-electron chi connectivity index (χ2n) is 7.61. The molecule has 0 N–H and O–H groups in total. The van der Waals surface area contributed by atoms with Crippen LogP contribution in [0.3, 0.4) is 0 Å². The van der Waals surface area contributed by atoms with Crippen LogP contribution >= 0.6 is 15.9 Å². The molecule has 8 heteroatoms. The monoisotopic (exact) mass is 503 g/mol. The second-order valence-corrected chi connectivity index (χ2v) is 8.52. The van der Waals surface area contributed by atoms with Crippen molar-refractivity contribution in [2.24, 2.45) is 11.0 Å². The van der Waals surface area contributed by atoms with Crippen LogP contribution in [-0.2, 0) is 9.59 Å². The van der Waals surface area contributed by atoms with Gasteiger partial charge in [-0.25, -0.2) is 4.90 Å². The molecule has 0 spiro atoms. The second kappa shape index (κ2) is 8.29. The Morgan fingerprint density at radius 3 is 2.27 bits per heavy atom. The lowest BCUT2D eigenvalue weighted by atomic mass is 9.92. The van der Waals surface area contributed by atoms with E-state index in [1.54, 1.807) is 66.7 Å². The zero-order valence-electron chi connectivity index (χ0n) is 17.5. The highest BCUT2D eigenvalue weighted by atomic mass is 79.9. The summed E-state index contributed by atoms with van der Waals surface area (Å²) in [5.74, 6) is -1.98. The van der Waals surface area contributed by atoms with Crippen LogP contribution in [-0.4, -0.2) is 36.5 Å². The number of halogens is 1. The molecule has 2 aliphatic heterocycles. The maximum absolute atomic E-state index is 13.6. The fourth-order valence-corrected chi connectivity index (χ4v) is 4.46. The van der Waals surface area contributed by atoms with E-state index >= 15 is 0 Å². The van der Waals surface area contributed by atoms with Crippen LogP contribution in [0.25, 0.3) is 0 Å². The van der Waals surface area contributed by atoms with E-state index in [2.05, 4.69) is 21.0 Å². The number of hydrogen-bond donors (Lipinski definition) is 0. The zero-order chi connectivity index (χ0) is 23.1. The van der Waals surface area contributed by atoms with Crippen LogP contribution in [0.5, 0.6) is 5.75 Å². The van der Waals surface area contributed by atoms with Crippen LogP contribution in [0.2, 0.25) is 0 Å². The van der Waals surface area contributed by atoms with Gasteiger partial charge in [-0.05, 0) is 36.4 Å². The van der Waals surface area contributed by atoms with Crippen molar-refractivity contribution in [1.82, 2.24) is 0 Å². The molecular formula is C25H18BrN3O4. The fraction of sp³-hybridized carbons (Fsp3) is 0.120. The maximum atomic E-state index is 13.6. The van der Waals surface area contributed by atoms with E-state index in [4.69, 9.17) is 4.74 Å². The first-order valence-electron chi connectivity index (χ1n) is 10.2. The maximum Gasteiger partial charge on any atom is 0.260 e. The Morgan fingerprint density at radius 1 is 0.909 bits per heavy atom. The lowest BCUT2D eigenvalue weighted by Crippen LogP contribution is -2.39. The molecule has 2 amide bonds. The molecule has 33 heavy (non-hydrogen) atoms. The van der Waals surface area contributed by atoms with Gasteiger partial charge in [0.2, 0.25) is 11.7 Å². The molecule has 7 nitrogen and oxygen atoms in total. The predicted octanol–water partition coefficient (Wildman–Crippen LogP) is 4.07. The molecule has 0 aromatic heterocycles. The number of hydrazone groups is 1. The summed E-state index contributed by atoms with van der Waals surface area (Å²) < 4.78 is 6.24. The summed E-state index contributed by atoms with van der Waals surface area (Å²) in [6.07, 6.45) is 0. The summed E-state index contributed by atoms with van der Waals surface area (Å²) in [5.41, 5.74) is 1.40. The first-order valence-corrected chi connectivity index (χ1v) is 11.0. The Hall–Kier alpha value is -3.78. The molecule has 0 aliphatic carbocycles. The molecule has 0 saturated carbocycles. The number of anilines is 2. The number of carbonyl (C=O) groups is 3. The molecule has 2 atom stereocenters. The summed E-state index contributed by atoms with van der Waals surface area (Å²) in [6, 6.07) is 21.7. The largest absolute Gasteiger partial charge is 0.495 e. The van der Waals surface area contributed by atoms with E-state index < -0.39 is 23.8 Å². The number of ether oxygens (including phenoxy) is 1. The van der Waals surface area contributed by atoms with Crippen LogP contribution in [0.15, 0.2) is 88.4 Å². The summed E-state index contributed by atoms with van der Waals surface area (Å²) in [6.45, 7) is 0. The fourth-order valence-electron chi connectivity index (χ4n) is 4.20. The first-order chi connectivity index (χ1) is 16.0. The van der Waals surface area contributed by atoms with Crippen molar-refractivity contribution in [3.05, 3.63) is 88.9 Å². The smallest absolute Gasteiger partial charge is 0.260 e. The molecule has 2 aliphatic rings. The predicted molar refractivity (Wildman–Crippen MR) is 128 cm³/mol. The normalized spacial score (nSPS) is 19.5. The van der Waals surface area contributed by atoms with E-state index in [0.29, 0.717) is 22.7 Å². The van der Waals surface area contributed by atoms with E-state index in [1.165, 1.54) is 12.1 Å². The van der Waals surface area contributed by atoms with Crippen LogP contribution < -0.4 is 14.6 Å². The minimum absolute atomic E-state index is 0.0462. The number of hydrogen-bond acceptors (Lipinski definition) is 6. The quantitative estimate of drug-likeness (QED) is 0.387. The number of nitrogens with zero attached hydrogens (tertiary/aromatic N) is 3. The minimum atomic E-state index is -1.03. The molecule has 0 unspecified atom stereocenters. The SMILES string of the molecule is COc1ccccc1N1C(=O)[C@H]2C(C(=O)c3ccccc3)=NN(c3ccc(Br)cc3)[C@@H]2C1=O. The van der Waals surface area contributed by atoms with Gasteiger partial charge in [0, 0.05) is 10.0 Å². The highest BCUT2D eigenvalue weighted by molar-refractivity contribution is 9.10. The van der Waals surface area contributed by atoms with Gasteiger partial charge in [-0.15, -0.1) is 0 Å². The van der Waals surface area contributed by atoms with Crippen LogP contribution in [0.4, 0.5) is 11.4 Å². The number of carbonyl (C=O) groups excluding carboxylic acids is 3. The molecule has 0 bridgehead atoms. The first kappa shape index (κ1) is 21.1. The van der Waals surface area contributed by atoms with Gasteiger partial charge in [0.1, 0.15) is 23.4 Å². The average molecular weight is 504 g/mol. The molecule has 3 aromatic rings. The standard InChI is InChI=1S/C25H18BrN3O4/c1-33-19-10-6-5-9-18(19)28-24(31)20-21(23(30)15-7-3-2-4-8-15)27-29(22(20)25(28)32)17-13-11-16(26)12-14-17/h2-14,20,22H,1H3/t20-,22-/m0/s1. The van der Waals surface area contributed by atoms with Gasteiger partial charge in [0.15, 0.2) is 0 Å². The third kappa shape index (κ3) is 3.43. The molecule has 5 rings (SSSR count). The Labute approximate surface area is 198 Å². The van der Waals surface area contributed by atoms with Crippen molar-refractivity contribution in [1.29, 1.82) is 0 Å². The summed E-state index contributed by atoms with van der Waals surface area (Å²) in [5, 5.41) is 5.98. The van der Waals surface area contributed by atoms with E-state index in [1.807, 2.05) is 12.1 Å². The van der Waals surface area contributed by atoms with Crippen molar-refractivity contribution < 1.29 is 19.1 Å². The number of ketones is 1. The van der Waals surface area contributed by atoms with E-state index in [9.17, 15) is 14.4 Å². The van der Waals surface area contributed by atoms with Gasteiger partial charge in [0.25, 0.3) is 5.91 Å². The summed E-state index contributed by atoms with van der Waals surface area (Å²) in [4.78, 5) is 41.7. The van der Waals surface area contributed by atoms with Crippen molar-refractivity contribution >= 4 is 50.6 Å². The third-order valence-corrected chi connectivity index (χ3v) is 6.26. The van der Waals surface area contributed by atoms with Gasteiger partial charge in [-0.1, -0.05) is 58.4 Å². The van der Waals surface area contributed by atoms with E-state index in [0.717, 1.165) is 9.37 Å². The van der Waals surface area contributed by atoms with Gasteiger partial charge in [-0.3, -0.25) is 19.4 Å². The van der Waals surface area contributed by atoms with Crippen molar-refractivity contribution in [3.8, 4) is 5.75 Å². The van der Waals surface area contributed by atoms with Crippen molar-refractivity contribution in [2.75, 3.05) is 17.0 Å². The average Bonchev–Trinajstić information content (AvgIpc) is 3.36. The Balaban J connectivity index is 1.63. The summed E-state index contributed by atoms with van der Waals surface area (Å²) in [7, 11) is 1.48. The molecule has 0 radical (unpaired) electrons. The van der Waals surface area contributed by atoms with Crippen molar-refractivity contribution in [3.63, 3.8) is 0 Å². The lowest BCUT2D eigenvalue weighted by Gasteiger charge is -2.22. The Bertz CT molecular complexity index is 1290. The Kier molecular flexibility index (Phi) is 5.30. The van der Waals surface area contributed by atoms with Crippen LogP contribution in [0.1, 0.15) is 10.4 Å². The van der Waals surface area contributed by atoms with Gasteiger partial charge < -0.3 is 4.74 Å². The number of benzene rings is 3. The number of rotatable bonds is 5. The van der Waals surface area contributed by atoms with Gasteiger partial charge in [0.05, 0.1) is 18.5 Å². The molecular weight excluding hydrogens is 486 g/mol. The number of methoxy groups -OCH3 is 1. The Morgan fingerprint density at radius 2 is 1.58 bits per heavy atom. The zero-order valence-corrected chi connectivity index (χ0v) is 19.1. The highest BCUT2D eigenvalue weighted by Gasteiger charge is 2.59. The highest BCUT2D eigenvalue weighted by Crippen LogP contribution is 2.41. The lowest BCUT2D eigenvalue weighted by molar-refractivity contribution is -0.121.